The maximum atomic E-state index is 12.5. The van der Waals surface area contributed by atoms with Crippen molar-refractivity contribution in [2.75, 3.05) is 13.2 Å². The third kappa shape index (κ3) is 59.1. The van der Waals surface area contributed by atoms with Crippen LogP contribution in [-0.2, 0) is 14.3 Å². The third-order valence-electron chi connectivity index (χ3n) is 15.1. The van der Waals surface area contributed by atoms with Crippen LogP contribution in [0.2, 0.25) is 0 Å². The molecule has 0 spiro atoms. The van der Waals surface area contributed by atoms with E-state index in [0.29, 0.717) is 19.4 Å². The largest absolute Gasteiger partial charge is 0.466 e. The lowest BCUT2D eigenvalue weighted by atomic mass is 10.0. The number of allylic oxidation sites excluding steroid dienone is 7. The molecule has 0 fully saturated rings. The lowest BCUT2D eigenvalue weighted by Gasteiger charge is -2.20. The first-order valence-corrected chi connectivity index (χ1v) is 32.9. The SMILES string of the molecule is CCCCC/C=C\C/C=C\CCCCCCCCCC(=O)OCCCCCCCCC/C=C\CCCCCCCC(=O)NC(CO)C(O)/C=C/CCCCCCCCCCCCCCCCCCCCCCCC. The van der Waals surface area contributed by atoms with Crippen LogP contribution in [0.25, 0.3) is 0 Å². The van der Waals surface area contributed by atoms with Crippen molar-refractivity contribution in [2.45, 2.75) is 360 Å². The van der Waals surface area contributed by atoms with E-state index in [-0.39, 0.29) is 18.5 Å². The molecule has 434 valence electrons. The summed E-state index contributed by atoms with van der Waals surface area (Å²) >= 11 is 0. The molecular weight excluding hydrogens is 911 g/mol. The van der Waals surface area contributed by atoms with Gasteiger partial charge in [-0.3, -0.25) is 9.59 Å². The summed E-state index contributed by atoms with van der Waals surface area (Å²) in [6.07, 6.45) is 81.6. The molecule has 6 heteroatoms. The Bertz CT molecular complexity index is 1240. The smallest absolute Gasteiger partial charge is 0.305 e. The van der Waals surface area contributed by atoms with Crippen molar-refractivity contribution in [1.82, 2.24) is 5.32 Å². The number of hydrogen-bond acceptors (Lipinski definition) is 5. The molecule has 0 radical (unpaired) electrons. The summed E-state index contributed by atoms with van der Waals surface area (Å²) in [7, 11) is 0. The van der Waals surface area contributed by atoms with Crippen LogP contribution in [0, 0.1) is 0 Å². The zero-order valence-electron chi connectivity index (χ0n) is 49.6. The second-order valence-electron chi connectivity index (χ2n) is 22.4. The molecule has 0 aliphatic heterocycles. The lowest BCUT2D eigenvalue weighted by Crippen LogP contribution is -2.45. The van der Waals surface area contributed by atoms with Crippen LogP contribution in [0.15, 0.2) is 48.6 Å². The van der Waals surface area contributed by atoms with Crippen LogP contribution >= 0.6 is 0 Å². The molecule has 74 heavy (non-hydrogen) atoms. The van der Waals surface area contributed by atoms with Crippen LogP contribution in [0.3, 0.4) is 0 Å². The second kappa shape index (κ2) is 63.4. The molecule has 0 saturated heterocycles. The summed E-state index contributed by atoms with van der Waals surface area (Å²) in [5.74, 6) is -0.0941. The van der Waals surface area contributed by atoms with E-state index in [1.807, 2.05) is 6.08 Å². The normalized spacial score (nSPS) is 12.9. The fourth-order valence-corrected chi connectivity index (χ4v) is 10.0. The quantitative estimate of drug-likeness (QED) is 0.0320. The van der Waals surface area contributed by atoms with Crippen LogP contribution in [0.5, 0.6) is 0 Å². The summed E-state index contributed by atoms with van der Waals surface area (Å²) in [4.78, 5) is 24.6. The number of ether oxygens (including phenoxy) is 1. The van der Waals surface area contributed by atoms with E-state index < -0.39 is 12.1 Å². The molecule has 2 unspecified atom stereocenters. The van der Waals surface area contributed by atoms with Gasteiger partial charge in [0.15, 0.2) is 0 Å². The van der Waals surface area contributed by atoms with Gasteiger partial charge in [0.05, 0.1) is 25.4 Å². The highest BCUT2D eigenvalue weighted by Crippen LogP contribution is 2.17. The maximum Gasteiger partial charge on any atom is 0.305 e. The molecule has 0 heterocycles. The highest BCUT2D eigenvalue weighted by Gasteiger charge is 2.18. The molecule has 0 rings (SSSR count). The number of hydrogen-bond donors (Lipinski definition) is 3. The van der Waals surface area contributed by atoms with Gasteiger partial charge in [-0.1, -0.05) is 294 Å². The first-order valence-electron chi connectivity index (χ1n) is 32.9. The van der Waals surface area contributed by atoms with Crippen LogP contribution in [-0.4, -0.2) is 47.4 Å². The Balaban J connectivity index is 3.49. The number of nitrogens with one attached hydrogen (secondary N) is 1. The van der Waals surface area contributed by atoms with Gasteiger partial charge in [-0.15, -0.1) is 0 Å². The number of rotatable bonds is 61. The highest BCUT2D eigenvalue weighted by atomic mass is 16.5. The van der Waals surface area contributed by atoms with Crippen LogP contribution in [0.1, 0.15) is 348 Å². The van der Waals surface area contributed by atoms with Gasteiger partial charge in [0.1, 0.15) is 0 Å². The summed E-state index contributed by atoms with van der Waals surface area (Å²) in [5.41, 5.74) is 0. The van der Waals surface area contributed by atoms with E-state index in [1.165, 1.54) is 250 Å². The first-order chi connectivity index (χ1) is 36.5. The molecule has 1 amide bonds. The Morgan fingerprint density at radius 2 is 0.676 bits per heavy atom. The number of aliphatic hydroxyl groups is 2. The van der Waals surface area contributed by atoms with Crippen molar-refractivity contribution in [3.8, 4) is 0 Å². The molecule has 0 aliphatic carbocycles. The molecule has 0 bridgehead atoms. The molecule has 2 atom stereocenters. The monoisotopic (exact) mass is 1040 g/mol. The van der Waals surface area contributed by atoms with Gasteiger partial charge in [-0.05, 0) is 89.9 Å². The zero-order chi connectivity index (χ0) is 53.6. The Morgan fingerprint density at radius 3 is 1.07 bits per heavy atom. The standard InChI is InChI=1S/C68H127NO5/c1-3-5-7-9-11-13-15-17-19-21-22-23-24-25-26-27-29-32-36-40-44-48-52-56-60-66(71)65(64-70)69-67(72)61-57-53-49-45-41-37-33-30-31-35-39-43-47-51-55-59-63-74-68(73)62-58-54-50-46-42-38-34-28-20-18-16-14-12-10-8-6-4-2/h12,14,18,20,30,33,56,60,65-66,70-71H,3-11,13,15-17,19,21-29,31-32,34-55,57-59,61-64H2,1-2H3,(H,69,72)/b14-12-,20-18-,33-30-,60-56+. The van der Waals surface area contributed by atoms with Crippen molar-refractivity contribution < 1.29 is 24.5 Å². The molecule has 0 aromatic heterocycles. The summed E-state index contributed by atoms with van der Waals surface area (Å²) in [6, 6.07) is -0.643. The first kappa shape index (κ1) is 71.8. The van der Waals surface area contributed by atoms with E-state index in [2.05, 4.69) is 55.6 Å². The molecule has 0 aliphatic rings. The summed E-state index contributed by atoms with van der Waals surface area (Å²) in [6.45, 7) is 4.87. The van der Waals surface area contributed by atoms with E-state index >= 15 is 0 Å². The van der Waals surface area contributed by atoms with Crippen molar-refractivity contribution in [3.05, 3.63) is 48.6 Å². The van der Waals surface area contributed by atoms with Gasteiger partial charge < -0.3 is 20.3 Å². The number of carbonyl (C=O) groups excluding carboxylic acids is 2. The second-order valence-corrected chi connectivity index (χ2v) is 22.4. The Morgan fingerprint density at radius 1 is 0.378 bits per heavy atom. The number of esters is 1. The predicted molar refractivity (Wildman–Crippen MR) is 324 cm³/mol. The lowest BCUT2D eigenvalue weighted by molar-refractivity contribution is -0.143. The van der Waals surface area contributed by atoms with Crippen molar-refractivity contribution in [3.63, 3.8) is 0 Å². The van der Waals surface area contributed by atoms with Gasteiger partial charge in [0, 0.05) is 12.8 Å². The number of aliphatic hydroxyl groups excluding tert-OH is 2. The number of amides is 1. The van der Waals surface area contributed by atoms with Gasteiger partial charge in [-0.2, -0.15) is 0 Å². The molecule has 3 N–H and O–H groups in total. The Labute approximate surface area is 461 Å². The fraction of sp³-hybridized carbons (Fsp3) is 0.853. The van der Waals surface area contributed by atoms with Gasteiger partial charge in [-0.25, -0.2) is 0 Å². The molecule has 0 saturated carbocycles. The van der Waals surface area contributed by atoms with Crippen molar-refractivity contribution >= 4 is 11.9 Å². The average molecular weight is 1040 g/mol. The van der Waals surface area contributed by atoms with Crippen molar-refractivity contribution in [2.24, 2.45) is 0 Å². The minimum Gasteiger partial charge on any atom is -0.466 e. The molecule has 0 aromatic rings. The summed E-state index contributed by atoms with van der Waals surface area (Å²) in [5, 5.41) is 23.2. The van der Waals surface area contributed by atoms with E-state index in [4.69, 9.17) is 4.74 Å². The fourth-order valence-electron chi connectivity index (χ4n) is 10.0. The number of carbonyl (C=O) groups is 2. The maximum absolute atomic E-state index is 12.5. The van der Waals surface area contributed by atoms with Crippen LogP contribution < -0.4 is 5.32 Å². The topological polar surface area (TPSA) is 95.9 Å². The van der Waals surface area contributed by atoms with E-state index in [0.717, 1.165) is 70.6 Å². The van der Waals surface area contributed by atoms with E-state index in [1.54, 1.807) is 6.08 Å². The van der Waals surface area contributed by atoms with E-state index in [9.17, 15) is 19.8 Å². The summed E-state index contributed by atoms with van der Waals surface area (Å²) < 4.78 is 5.48. The predicted octanol–water partition coefficient (Wildman–Crippen LogP) is 20.9. The Kier molecular flexibility index (Phi) is 61.5. The molecule has 6 nitrogen and oxygen atoms in total. The number of unbranched alkanes of at least 4 members (excludes halogenated alkanes) is 44. The zero-order valence-corrected chi connectivity index (χ0v) is 49.6. The molecular formula is C68H127NO5. The minimum absolute atomic E-state index is 0.0114. The van der Waals surface area contributed by atoms with Gasteiger partial charge in [0.25, 0.3) is 0 Å². The minimum atomic E-state index is -0.858. The van der Waals surface area contributed by atoms with Gasteiger partial charge in [0.2, 0.25) is 5.91 Å². The molecule has 0 aromatic carbocycles. The highest BCUT2D eigenvalue weighted by molar-refractivity contribution is 5.76. The van der Waals surface area contributed by atoms with Crippen molar-refractivity contribution in [1.29, 1.82) is 0 Å². The van der Waals surface area contributed by atoms with Crippen LogP contribution in [0.4, 0.5) is 0 Å². The Hall–Kier alpha value is -2.18. The average Bonchev–Trinajstić information content (AvgIpc) is 3.40. The third-order valence-corrected chi connectivity index (χ3v) is 15.1. The van der Waals surface area contributed by atoms with Gasteiger partial charge >= 0.3 is 5.97 Å².